The molecule has 2 unspecified atom stereocenters. The summed E-state index contributed by atoms with van der Waals surface area (Å²) in [4.78, 5) is 3.95. The van der Waals surface area contributed by atoms with Crippen LogP contribution in [0, 0.1) is 0 Å². The first kappa shape index (κ1) is 13.9. The van der Waals surface area contributed by atoms with E-state index in [0.29, 0.717) is 12.1 Å². The molecular weight excluding hydrogens is 316 g/mol. The Labute approximate surface area is 120 Å². The van der Waals surface area contributed by atoms with Gasteiger partial charge in [0.25, 0.3) is 0 Å². The van der Waals surface area contributed by atoms with E-state index in [4.69, 9.17) is 0 Å². The number of nitrogens with one attached hydrogen (secondary N) is 1. The lowest BCUT2D eigenvalue weighted by Crippen LogP contribution is -2.52. The van der Waals surface area contributed by atoms with E-state index in [1.165, 1.54) is 27.4 Å². The Hall–Kier alpha value is 0.450. The maximum absolute atomic E-state index is 3.63. The lowest BCUT2D eigenvalue weighted by molar-refractivity contribution is 0.219. The maximum atomic E-state index is 3.63. The van der Waals surface area contributed by atoms with Crippen LogP contribution in [0.4, 0.5) is 0 Å². The fraction of sp³-hybridized carbons (Fsp3) is 0.667. The molecular formula is C12H19BrN2S2. The van der Waals surface area contributed by atoms with Gasteiger partial charge in [0, 0.05) is 39.5 Å². The lowest BCUT2D eigenvalue weighted by Gasteiger charge is -2.37. The second-order valence-corrected chi connectivity index (χ2v) is 7.42. The van der Waals surface area contributed by atoms with Crippen LogP contribution in [0.2, 0.25) is 0 Å². The largest absolute Gasteiger partial charge is 0.315 e. The molecule has 0 saturated carbocycles. The first-order valence-corrected chi connectivity index (χ1v) is 8.72. The van der Waals surface area contributed by atoms with Gasteiger partial charge in [0.2, 0.25) is 0 Å². The maximum Gasteiger partial charge on any atom is 0.0340 e. The summed E-state index contributed by atoms with van der Waals surface area (Å²) in [6.07, 6.45) is 1.12. The van der Waals surface area contributed by atoms with Gasteiger partial charge in [-0.3, -0.25) is 0 Å². The van der Waals surface area contributed by atoms with E-state index in [-0.39, 0.29) is 0 Å². The third kappa shape index (κ3) is 3.47. The molecule has 1 fully saturated rings. The average molecular weight is 335 g/mol. The van der Waals surface area contributed by atoms with Gasteiger partial charge in [-0.25, -0.2) is 0 Å². The molecule has 5 heteroatoms. The minimum atomic E-state index is 0.544. The van der Waals surface area contributed by atoms with Crippen LogP contribution in [-0.2, 0) is 6.42 Å². The smallest absolute Gasteiger partial charge is 0.0340 e. The van der Waals surface area contributed by atoms with Gasteiger partial charge in [-0.15, -0.1) is 11.3 Å². The Balaban J connectivity index is 2.03. The van der Waals surface area contributed by atoms with Crippen molar-refractivity contribution in [3.8, 4) is 0 Å². The fourth-order valence-corrected chi connectivity index (χ4v) is 5.12. The number of thiophene rings is 1. The number of hydrogen-bond acceptors (Lipinski definition) is 4. The molecule has 1 N–H and O–H groups in total. The molecule has 2 nitrogen and oxygen atoms in total. The van der Waals surface area contributed by atoms with Crippen molar-refractivity contribution in [2.45, 2.75) is 18.5 Å². The number of halogens is 1. The highest BCUT2D eigenvalue weighted by atomic mass is 79.9. The van der Waals surface area contributed by atoms with E-state index in [2.05, 4.69) is 63.5 Å². The Morgan fingerprint density at radius 1 is 1.65 bits per heavy atom. The van der Waals surface area contributed by atoms with Gasteiger partial charge >= 0.3 is 0 Å². The van der Waals surface area contributed by atoms with Crippen molar-refractivity contribution in [2.75, 3.05) is 32.1 Å². The molecule has 1 aliphatic rings. The molecule has 0 amide bonds. The van der Waals surface area contributed by atoms with E-state index < -0.39 is 0 Å². The summed E-state index contributed by atoms with van der Waals surface area (Å²) in [5, 5.41) is 5.66. The summed E-state index contributed by atoms with van der Waals surface area (Å²) in [5.74, 6) is 2.51. The highest BCUT2D eigenvalue weighted by molar-refractivity contribution is 9.10. The SMILES string of the molecule is CNC(Cc1sccc1Br)C1CSCCN1C. The molecule has 96 valence electrons. The predicted octanol–water partition coefficient (Wildman–Crippen LogP) is 2.69. The zero-order valence-corrected chi connectivity index (χ0v) is 13.5. The monoisotopic (exact) mass is 334 g/mol. The second kappa shape index (κ2) is 6.57. The minimum absolute atomic E-state index is 0.544. The Kier molecular flexibility index (Phi) is 5.36. The Bertz CT molecular complexity index is 356. The van der Waals surface area contributed by atoms with Crippen molar-refractivity contribution in [2.24, 2.45) is 0 Å². The molecule has 0 aromatic carbocycles. The van der Waals surface area contributed by atoms with Crippen molar-refractivity contribution in [1.82, 2.24) is 10.2 Å². The van der Waals surface area contributed by atoms with Crippen molar-refractivity contribution >= 4 is 39.0 Å². The number of thioether (sulfide) groups is 1. The number of nitrogens with zero attached hydrogens (tertiary/aromatic N) is 1. The third-order valence-electron chi connectivity index (χ3n) is 3.37. The van der Waals surface area contributed by atoms with E-state index in [1.807, 2.05) is 11.3 Å². The molecule has 0 aliphatic carbocycles. The summed E-state index contributed by atoms with van der Waals surface area (Å²) < 4.78 is 1.26. The predicted molar refractivity (Wildman–Crippen MR) is 82.3 cm³/mol. The van der Waals surface area contributed by atoms with Gasteiger partial charge in [0.05, 0.1) is 0 Å². The molecule has 0 spiro atoms. The van der Waals surface area contributed by atoms with Gasteiger partial charge in [-0.05, 0) is 47.9 Å². The molecule has 2 rings (SSSR count). The standard InChI is InChI=1S/C12H19BrN2S2/c1-14-10(7-12-9(13)3-5-17-12)11-8-16-6-4-15(11)2/h3,5,10-11,14H,4,6-8H2,1-2H3. The highest BCUT2D eigenvalue weighted by Crippen LogP contribution is 2.26. The third-order valence-corrected chi connectivity index (χ3v) is 6.37. The molecule has 2 heterocycles. The van der Waals surface area contributed by atoms with Crippen LogP contribution in [0.15, 0.2) is 15.9 Å². The Morgan fingerprint density at radius 3 is 3.06 bits per heavy atom. The van der Waals surface area contributed by atoms with Crippen LogP contribution in [0.25, 0.3) is 0 Å². The Morgan fingerprint density at radius 2 is 2.47 bits per heavy atom. The molecule has 1 saturated heterocycles. The van der Waals surface area contributed by atoms with Crippen LogP contribution < -0.4 is 5.32 Å². The van der Waals surface area contributed by atoms with Gasteiger partial charge in [0.1, 0.15) is 0 Å². The highest BCUT2D eigenvalue weighted by Gasteiger charge is 2.27. The zero-order valence-electron chi connectivity index (χ0n) is 10.3. The summed E-state index contributed by atoms with van der Waals surface area (Å²) in [7, 11) is 4.33. The lowest BCUT2D eigenvalue weighted by atomic mass is 10.0. The normalized spacial score (nSPS) is 23.8. The summed E-state index contributed by atoms with van der Waals surface area (Å²) >= 11 is 7.55. The molecule has 1 aromatic heterocycles. The summed E-state index contributed by atoms with van der Waals surface area (Å²) in [6.45, 7) is 1.21. The molecule has 1 aromatic rings. The number of likely N-dealkylation sites (N-methyl/N-ethyl adjacent to an activating group) is 2. The first-order chi connectivity index (χ1) is 8.22. The topological polar surface area (TPSA) is 15.3 Å². The number of rotatable bonds is 4. The van der Waals surface area contributed by atoms with E-state index in [9.17, 15) is 0 Å². The van der Waals surface area contributed by atoms with Gasteiger partial charge in [-0.1, -0.05) is 0 Å². The molecule has 0 bridgehead atoms. The number of hydrogen-bond donors (Lipinski definition) is 1. The van der Waals surface area contributed by atoms with Crippen molar-refractivity contribution in [3.63, 3.8) is 0 Å². The second-order valence-electron chi connectivity index (χ2n) is 4.41. The molecule has 0 radical (unpaired) electrons. The zero-order chi connectivity index (χ0) is 12.3. The molecule has 2 atom stereocenters. The quantitative estimate of drug-likeness (QED) is 0.911. The van der Waals surface area contributed by atoms with Crippen molar-refractivity contribution in [3.05, 3.63) is 20.8 Å². The fourth-order valence-electron chi connectivity index (χ4n) is 2.23. The van der Waals surface area contributed by atoms with Crippen molar-refractivity contribution < 1.29 is 0 Å². The van der Waals surface area contributed by atoms with Crippen LogP contribution in [-0.4, -0.2) is 49.1 Å². The van der Waals surface area contributed by atoms with Crippen LogP contribution in [0.5, 0.6) is 0 Å². The molecule has 1 aliphatic heterocycles. The summed E-state index contributed by atoms with van der Waals surface area (Å²) in [6, 6.07) is 3.34. The molecule has 17 heavy (non-hydrogen) atoms. The van der Waals surface area contributed by atoms with E-state index in [0.717, 1.165) is 6.42 Å². The van der Waals surface area contributed by atoms with Crippen LogP contribution in [0.3, 0.4) is 0 Å². The van der Waals surface area contributed by atoms with Gasteiger partial charge in [-0.2, -0.15) is 11.8 Å². The van der Waals surface area contributed by atoms with Gasteiger partial charge < -0.3 is 10.2 Å². The van der Waals surface area contributed by atoms with Crippen LogP contribution >= 0.6 is 39.0 Å². The van der Waals surface area contributed by atoms with E-state index >= 15 is 0 Å². The van der Waals surface area contributed by atoms with Crippen LogP contribution in [0.1, 0.15) is 4.88 Å². The van der Waals surface area contributed by atoms with Gasteiger partial charge in [0.15, 0.2) is 0 Å². The summed E-state index contributed by atoms with van der Waals surface area (Å²) in [5.41, 5.74) is 0. The van der Waals surface area contributed by atoms with E-state index in [1.54, 1.807) is 0 Å². The average Bonchev–Trinajstić information content (AvgIpc) is 2.73. The van der Waals surface area contributed by atoms with Crippen molar-refractivity contribution in [1.29, 1.82) is 0 Å². The minimum Gasteiger partial charge on any atom is -0.315 e. The first-order valence-electron chi connectivity index (χ1n) is 5.89.